The van der Waals surface area contributed by atoms with Gasteiger partial charge in [-0.15, -0.1) is 13.2 Å². The van der Waals surface area contributed by atoms with Gasteiger partial charge in [0, 0.05) is 11.0 Å². The molecule has 0 amide bonds. The van der Waals surface area contributed by atoms with Crippen molar-refractivity contribution in [1.29, 1.82) is 0 Å². The molecule has 19 heavy (non-hydrogen) atoms. The van der Waals surface area contributed by atoms with Crippen LogP contribution >= 0.6 is 28.1 Å². The molecule has 0 bridgehead atoms. The number of aliphatic hydroxyl groups excluding tert-OH is 1. The minimum Gasteiger partial charge on any atom is -0.404 e. The second kappa shape index (κ2) is 6.92. The fourth-order valence-electron chi connectivity index (χ4n) is 1.14. The maximum atomic E-state index is 12.2. The highest BCUT2D eigenvalue weighted by Crippen LogP contribution is 2.32. The molecular formula is C10H10BrF3N2O2S. The van der Waals surface area contributed by atoms with Gasteiger partial charge in [-0.25, -0.2) is 0 Å². The molecular weight excluding hydrogens is 349 g/mol. The largest absolute Gasteiger partial charge is 0.573 e. The highest BCUT2D eigenvalue weighted by molar-refractivity contribution is 9.10. The molecule has 0 aliphatic rings. The van der Waals surface area contributed by atoms with Gasteiger partial charge in [0.2, 0.25) is 0 Å². The summed E-state index contributed by atoms with van der Waals surface area (Å²) in [5.74, 6) is -0.407. The molecule has 0 heterocycles. The molecule has 0 saturated carbocycles. The van der Waals surface area contributed by atoms with Crippen LogP contribution in [0, 0.1) is 0 Å². The van der Waals surface area contributed by atoms with Crippen molar-refractivity contribution in [3.8, 4) is 5.75 Å². The van der Waals surface area contributed by atoms with Crippen LogP contribution in [0.2, 0.25) is 0 Å². The molecule has 0 unspecified atom stereocenters. The smallest absolute Gasteiger partial charge is 0.404 e. The number of rotatable bonds is 4. The van der Waals surface area contributed by atoms with E-state index in [1.165, 1.54) is 12.1 Å². The van der Waals surface area contributed by atoms with Crippen molar-refractivity contribution in [3.05, 3.63) is 22.7 Å². The van der Waals surface area contributed by atoms with Gasteiger partial charge in [0.15, 0.2) is 10.9 Å². The Balaban J connectivity index is 2.84. The Morgan fingerprint density at radius 2 is 2.11 bits per heavy atom. The molecule has 0 aromatic heterocycles. The zero-order chi connectivity index (χ0) is 14.5. The second-order valence-electron chi connectivity index (χ2n) is 3.29. The third-order valence-electron chi connectivity index (χ3n) is 1.81. The number of hydrogen-bond acceptors (Lipinski definition) is 3. The third-order valence-corrected chi connectivity index (χ3v) is 2.55. The highest BCUT2D eigenvalue weighted by atomic mass is 79.9. The normalized spacial score (nSPS) is 11.0. The first-order chi connectivity index (χ1) is 8.81. The van der Waals surface area contributed by atoms with E-state index in [2.05, 4.69) is 31.3 Å². The summed E-state index contributed by atoms with van der Waals surface area (Å²) in [6.45, 7) is 0.0475. The lowest BCUT2D eigenvalue weighted by molar-refractivity contribution is -0.274. The van der Waals surface area contributed by atoms with Crippen molar-refractivity contribution in [2.45, 2.75) is 6.36 Å². The van der Waals surface area contributed by atoms with Crippen molar-refractivity contribution in [1.82, 2.24) is 5.32 Å². The van der Waals surface area contributed by atoms with E-state index in [4.69, 9.17) is 17.3 Å². The van der Waals surface area contributed by atoms with Gasteiger partial charge in [-0.05, 0) is 30.4 Å². The van der Waals surface area contributed by atoms with Crippen molar-refractivity contribution in [2.75, 3.05) is 18.5 Å². The number of thiocarbonyl (C=S) groups is 1. The number of aliphatic hydroxyl groups is 1. The zero-order valence-corrected chi connectivity index (χ0v) is 11.8. The number of halogens is 4. The lowest BCUT2D eigenvalue weighted by Crippen LogP contribution is -2.31. The van der Waals surface area contributed by atoms with Crippen molar-refractivity contribution >= 4 is 38.9 Å². The van der Waals surface area contributed by atoms with Crippen LogP contribution in [0.25, 0.3) is 0 Å². The Morgan fingerprint density at radius 3 is 2.68 bits per heavy atom. The van der Waals surface area contributed by atoms with Gasteiger partial charge in [0.25, 0.3) is 0 Å². The lowest BCUT2D eigenvalue weighted by Gasteiger charge is -2.15. The summed E-state index contributed by atoms with van der Waals surface area (Å²) in [6, 6.07) is 4.10. The van der Waals surface area contributed by atoms with E-state index in [1.54, 1.807) is 6.07 Å². The predicted molar refractivity (Wildman–Crippen MR) is 72.1 cm³/mol. The fourth-order valence-corrected chi connectivity index (χ4v) is 1.70. The van der Waals surface area contributed by atoms with E-state index < -0.39 is 12.1 Å². The van der Waals surface area contributed by atoms with E-state index >= 15 is 0 Å². The first-order valence-corrected chi connectivity index (χ1v) is 6.23. The van der Waals surface area contributed by atoms with Gasteiger partial charge >= 0.3 is 6.36 Å². The maximum Gasteiger partial charge on any atom is 0.573 e. The molecule has 9 heteroatoms. The van der Waals surface area contributed by atoms with Gasteiger partial charge < -0.3 is 20.5 Å². The molecule has 0 spiro atoms. The monoisotopic (exact) mass is 358 g/mol. The highest BCUT2D eigenvalue weighted by Gasteiger charge is 2.32. The summed E-state index contributed by atoms with van der Waals surface area (Å²) in [7, 11) is 0. The van der Waals surface area contributed by atoms with Crippen LogP contribution < -0.4 is 15.4 Å². The SMILES string of the molecule is OCCNC(=S)Nc1ccc(Br)cc1OC(F)(F)F. The standard InChI is InChI=1S/C10H10BrF3N2O2S/c11-6-1-2-7(16-9(19)15-3-4-17)8(5-6)18-10(12,13)14/h1-2,5,17H,3-4H2,(H2,15,16,19). The first-order valence-electron chi connectivity index (χ1n) is 5.03. The third kappa shape index (κ3) is 6.08. The molecule has 0 saturated heterocycles. The first kappa shape index (κ1) is 16.0. The van der Waals surface area contributed by atoms with E-state index in [9.17, 15) is 13.2 Å². The number of alkyl halides is 3. The number of ether oxygens (including phenoxy) is 1. The molecule has 106 valence electrons. The van der Waals surface area contributed by atoms with E-state index in [0.29, 0.717) is 4.47 Å². The van der Waals surface area contributed by atoms with Crippen LogP contribution in [0.3, 0.4) is 0 Å². The summed E-state index contributed by atoms with van der Waals surface area (Å²) in [6.07, 6.45) is -4.79. The average molecular weight is 359 g/mol. The van der Waals surface area contributed by atoms with Gasteiger partial charge in [0.1, 0.15) is 0 Å². The summed E-state index contributed by atoms with van der Waals surface area (Å²) in [4.78, 5) is 0. The van der Waals surface area contributed by atoms with Crippen molar-refractivity contribution < 1.29 is 23.0 Å². The van der Waals surface area contributed by atoms with Gasteiger partial charge in [0.05, 0.1) is 12.3 Å². The quantitative estimate of drug-likeness (QED) is 0.722. The van der Waals surface area contributed by atoms with E-state index in [-0.39, 0.29) is 24.0 Å². The van der Waals surface area contributed by atoms with Crippen LogP contribution in [0.1, 0.15) is 0 Å². The van der Waals surface area contributed by atoms with Crippen LogP contribution in [0.4, 0.5) is 18.9 Å². The maximum absolute atomic E-state index is 12.2. The molecule has 1 rings (SSSR count). The summed E-state index contributed by atoms with van der Waals surface area (Å²) < 4.78 is 41.1. The molecule has 0 radical (unpaired) electrons. The van der Waals surface area contributed by atoms with Crippen LogP contribution in [-0.4, -0.2) is 29.7 Å². The van der Waals surface area contributed by atoms with Crippen LogP contribution in [-0.2, 0) is 0 Å². The topological polar surface area (TPSA) is 53.5 Å². The number of hydrogen-bond donors (Lipinski definition) is 3. The molecule has 0 fully saturated rings. The Kier molecular flexibility index (Phi) is 5.83. The van der Waals surface area contributed by atoms with E-state index in [0.717, 1.165) is 0 Å². The van der Waals surface area contributed by atoms with Crippen LogP contribution in [0.5, 0.6) is 5.75 Å². The molecule has 1 aromatic rings. The molecule has 1 aromatic carbocycles. The predicted octanol–water partition coefficient (Wildman–Crippen LogP) is 2.63. The van der Waals surface area contributed by atoms with Crippen molar-refractivity contribution in [2.24, 2.45) is 0 Å². The van der Waals surface area contributed by atoms with Crippen LogP contribution in [0.15, 0.2) is 22.7 Å². The number of anilines is 1. The Bertz CT molecular complexity index is 457. The fraction of sp³-hybridized carbons (Fsp3) is 0.300. The van der Waals surface area contributed by atoms with Gasteiger partial charge in [-0.3, -0.25) is 0 Å². The molecule has 4 nitrogen and oxygen atoms in total. The average Bonchev–Trinajstić information content (AvgIpc) is 2.28. The lowest BCUT2D eigenvalue weighted by atomic mass is 10.3. The zero-order valence-electron chi connectivity index (χ0n) is 9.42. The summed E-state index contributed by atoms with van der Waals surface area (Å²) in [5.41, 5.74) is 0.0657. The minimum absolute atomic E-state index is 0.0657. The summed E-state index contributed by atoms with van der Waals surface area (Å²) >= 11 is 7.91. The minimum atomic E-state index is -4.79. The Morgan fingerprint density at radius 1 is 1.42 bits per heavy atom. The van der Waals surface area contributed by atoms with Gasteiger partial charge in [-0.1, -0.05) is 15.9 Å². The molecule has 0 atom stereocenters. The van der Waals surface area contributed by atoms with E-state index in [1.807, 2.05) is 0 Å². The van der Waals surface area contributed by atoms with Crippen molar-refractivity contribution in [3.63, 3.8) is 0 Å². The molecule has 3 N–H and O–H groups in total. The Labute approximate surface area is 121 Å². The number of nitrogens with one attached hydrogen (secondary N) is 2. The molecule has 0 aliphatic carbocycles. The van der Waals surface area contributed by atoms with Gasteiger partial charge in [-0.2, -0.15) is 0 Å². The molecule has 0 aliphatic heterocycles. The Hall–Kier alpha value is -1.06. The second-order valence-corrected chi connectivity index (χ2v) is 4.62. The summed E-state index contributed by atoms with van der Waals surface area (Å²) in [5, 5.41) is 13.8. The number of benzene rings is 1.